The monoisotopic (exact) mass is 293 g/mol. The Labute approximate surface area is 120 Å². The van der Waals surface area contributed by atoms with Crippen LogP contribution in [-0.4, -0.2) is 47.9 Å². The zero-order valence-corrected chi connectivity index (χ0v) is 11.5. The van der Waals surface area contributed by atoms with Crippen molar-refractivity contribution in [2.75, 3.05) is 31.6 Å². The second-order valence-electron chi connectivity index (χ2n) is 4.57. The molecule has 2 amide bonds. The van der Waals surface area contributed by atoms with Crippen LogP contribution in [0.5, 0.6) is 0 Å². The van der Waals surface area contributed by atoms with Crippen LogP contribution < -0.4 is 5.32 Å². The molecule has 21 heavy (non-hydrogen) atoms. The van der Waals surface area contributed by atoms with Gasteiger partial charge in [0.05, 0.1) is 18.1 Å². The van der Waals surface area contributed by atoms with E-state index in [1.54, 1.807) is 4.90 Å². The summed E-state index contributed by atoms with van der Waals surface area (Å²) in [5, 5.41) is 13.4. The molecule has 0 aliphatic carbocycles. The van der Waals surface area contributed by atoms with Crippen molar-refractivity contribution in [1.82, 2.24) is 4.90 Å². The van der Waals surface area contributed by atoms with Gasteiger partial charge in [0.15, 0.2) is 0 Å². The molecule has 112 valence electrons. The molecule has 1 N–H and O–H groups in total. The number of nitro benzene ring substituents is 1. The number of carbonyl (C=O) groups excluding carboxylic acids is 2. The van der Waals surface area contributed by atoms with Gasteiger partial charge in [-0.25, -0.2) is 0 Å². The van der Waals surface area contributed by atoms with E-state index in [2.05, 4.69) is 5.32 Å². The molecule has 1 aliphatic heterocycles. The predicted octanol–water partition coefficient (Wildman–Crippen LogP) is 1.03. The molecule has 1 fully saturated rings. The molecule has 8 heteroatoms. The van der Waals surface area contributed by atoms with Gasteiger partial charge in [-0.05, 0) is 12.1 Å². The molecule has 0 atom stereocenters. The molecule has 0 aromatic heterocycles. The molecule has 2 rings (SSSR count). The summed E-state index contributed by atoms with van der Waals surface area (Å²) in [5.74, 6) is -0.693. The fraction of sp³-hybridized carbons (Fsp3) is 0.385. The normalized spacial score (nSPS) is 14.6. The number of amides is 2. The lowest BCUT2D eigenvalue weighted by Gasteiger charge is -2.26. The maximum atomic E-state index is 12.3. The fourth-order valence-corrected chi connectivity index (χ4v) is 2.06. The third-order valence-corrected chi connectivity index (χ3v) is 3.05. The Bertz CT molecular complexity index is 581. The topological polar surface area (TPSA) is 102 Å². The quantitative estimate of drug-likeness (QED) is 0.662. The molecular weight excluding hydrogens is 278 g/mol. The van der Waals surface area contributed by atoms with E-state index in [9.17, 15) is 19.7 Å². The molecule has 1 heterocycles. The number of morpholine rings is 1. The van der Waals surface area contributed by atoms with E-state index in [1.165, 1.54) is 25.1 Å². The number of nitrogens with zero attached hydrogens (tertiary/aromatic N) is 2. The highest BCUT2D eigenvalue weighted by atomic mass is 16.6. The smallest absolute Gasteiger partial charge is 0.293 e. The first-order valence-electron chi connectivity index (χ1n) is 6.42. The van der Waals surface area contributed by atoms with Gasteiger partial charge in [0.2, 0.25) is 5.91 Å². The van der Waals surface area contributed by atoms with Crippen LogP contribution in [0.2, 0.25) is 0 Å². The average molecular weight is 293 g/mol. The van der Waals surface area contributed by atoms with E-state index in [-0.39, 0.29) is 22.8 Å². The number of ether oxygens (including phenoxy) is 1. The fourth-order valence-electron chi connectivity index (χ4n) is 2.06. The van der Waals surface area contributed by atoms with Gasteiger partial charge in [-0.1, -0.05) is 0 Å². The van der Waals surface area contributed by atoms with E-state index < -0.39 is 10.8 Å². The lowest BCUT2D eigenvalue weighted by molar-refractivity contribution is -0.384. The van der Waals surface area contributed by atoms with Gasteiger partial charge in [0.1, 0.15) is 5.69 Å². The van der Waals surface area contributed by atoms with Crippen molar-refractivity contribution in [3.63, 3.8) is 0 Å². The molecule has 0 bridgehead atoms. The van der Waals surface area contributed by atoms with Gasteiger partial charge in [-0.2, -0.15) is 0 Å². The number of anilines is 1. The Morgan fingerprint density at radius 1 is 1.33 bits per heavy atom. The second-order valence-corrected chi connectivity index (χ2v) is 4.57. The number of nitro groups is 1. The molecule has 0 spiro atoms. The standard InChI is InChI=1S/C13H15N3O5/c1-9(17)14-11-3-2-10(8-12(11)16(19)20)13(18)15-4-6-21-7-5-15/h2-3,8H,4-7H2,1H3,(H,14,17). The highest BCUT2D eigenvalue weighted by molar-refractivity contribution is 5.97. The molecule has 0 radical (unpaired) electrons. The summed E-state index contributed by atoms with van der Waals surface area (Å²) < 4.78 is 5.16. The predicted molar refractivity (Wildman–Crippen MR) is 74.1 cm³/mol. The van der Waals surface area contributed by atoms with Crippen molar-refractivity contribution >= 4 is 23.2 Å². The lowest BCUT2D eigenvalue weighted by Crippen LogP contribution is -2.40. The number of hydrogen-bond acceptors (Lipinski definition) is 5. The zero-order valence-electron chi connectivity index (χ0n) is 11.5. The molecule has 0 saturated carbocycles. The Balaban J connectivity index is 2.28. The number of hydrogen-bond donors (Lipinski definition) is 1. The van der Waals surface area contributed by atoms with Crippen LogP contribution in [0.4, 0.5) is 11.4 Å². The summed E-state index contributed by atoms with van der Waals surface area (Å²) in [6.07, 6.45) is 0. The third-order valence-electron chi connectivity index (χ3n) is 3.05. The summed E-state index contributed by atoms with van der Waals surface area (Å²) in [7, 11) is 0. The van der Waals surface area contributed by atoms with Crippen LogP contribution in [0.15, 0.2) is 18.2 Å². The Kier molecular flexibility index (Phi) is 4.49. The van der Waals surface area contributed by atoms with Gasteiger partial charge in [0.25, 0.3) is 11.6 Å². The van der Waals surface area contributed by atoms with E-state index >= 15 is 0 Å². The van der Waals surface area contributed by atoms with Crippen LogP contribution in [0.3, 0.4) is 0 Å². The lowest BCUT2D eigenvalue weighted by atomic mass is 10.1. The molecular formula is C13H15N3O5. The van der Waals surface area contributed by atoms with E-state index in [0.29, 0.717) is 26.3 Å². The van der Waals surface area contributed by atoms with Crippen LogP contribution in [0.1, 0.15) is 17.3 Å². The van der Waals surface area contributed by atoms with Gasteiger partial charge >= 0.3 is 0 Å². The van der Waals surface area contributed by atoms with Gasteiger partial charge in [-0.3, -0.25) is 19.7 Å². The maximum absolute atomic E-state index is 12.3. The molecule has 1 aromatic carbocycles. The summed E-state index contributed by atoms with van der Waals surface area (Å²) in [5.41, 5.74) is -0.00645. The minimum Gasteiger partial charge on any atom is -0.378 e. The molecule has 1 aliphatic rings. The minimum atomic E-state index is -0.624. The summed E-state index contributed by atoms with van der Waals surface area (Å²) in [6.45, 7) is 3.09. The first-order chi connectivity index (χ1) is 9.99. The summed E-state index contributed by atoms with van der Waals surface area (Å²) in [6, 6.07) is 4.02. The molecule has 1 saturated heterocycles. The van der Waals surface area contributed by atoms with Crippen LogP contribution in [0.25, 0.3) is 0 Å². The van der Waals surface area contributed by atoms with Crippen LogP contribution >= 0.6 is 0 Å². The van der Waals surface area contributed by atoms with E-state index in [1.807, 2.05) is 0 Å². The maximum Gasteiger partial charge on any atom is 0.293 e. The Morgan fingerprint density at radius 2 is 2.00 bits per heavy atom. The molecule has 1 aromatic rings. The highest BCUT2D eigenvalue weighted by Gasteiger charge is 2.22. The first kappa shape index (κ1) is 14.9. The van der Waals surface area contributed by atoms with Crippen molar-refractivity contribution in [2.24, 2.45) is 0 Å². The highest BCUT2D eigenvalue weighted by Crippen LogP contribution is 2.26. The first-order valence-corrected chi connectivity index (χ1v) is 6.42. The van der Waals surface area contributed by atoms with Crippen molar-refractivity contribution in [3.8, 4) is 0 Å². The summed E-state index contributed by atoms with van der Waals surface area (Å²) in [4.78, 5) is 35.3. The van der Waals surface area contributed by atoms with Crippen LogP contribution in [0, 0.1) is 10.1 Å². The third kappa shape index (κ3) is 3.54. The summed E-state index contributed by atoms with van der Waals surface area (Å²) >= 11 is 0. The molecule has 8 nitrogen and oxygen atoms in total. The van der Waals surface area contributed by atoms with Crippen molar-refractivity contribution in [2.45, 2.75) is 6.92 Å². The average Bonchev–Trinajstić information content (AvgIpc) is 2.47. The molecule has 0 unspecified atom stereocenters. The SMILES string of the molecule is CC(=O)Nc1ccc(C(=O)N2CCOCC2)cc1[N+](=O)[O-]. The largest absolute Gasteiger partial charge is 0.378 e. The Morgan fingerprint density at radius 3 is 2.57 bits per heavy atom. The van der Waals surface area contributed by atoms with Gasteiger partial charge < -0.3 is 15.0 Å². The van der Waals surface area contributed by atoms with Crippen molar-refractivity contribution < 1.29 is 19.2 Å². The number of nitrogens with one attached hydrogen (secondary N) is 1. The number of carbonyl (C=O) groups is 2. The Hall–Kier alpha value is -2.48. The van der Waals surface area contributed by atoms with Gasteiger partial charge in [0, 0.05) is 31.6 Å². The van der Waals surface area contributed by atoms with E-state index in [0.717, 1.165) is 0 Å². The number of benzene rings is 1. The zero-order chi connectivity index (χ0) is 15.4. The van der Waals surface area contributed by atoms with Crippen molar-refractivity contribution in [1.29, 1.82) is 0 Å². The number of rotatable bonds is 3. The van der Waals surface area contributed by atoms with E-state index in [4.69, 9.17) is 4.74 Å². The van der Waals surface area contributed by atoms with Gasteiger partial charge in [-0.15, -0.1) is 0 Å². The minimum absolute atomic E-state index is 0.0750. The van der Waals surface area contributed by atoms with Crippen LogP contribution in [-0.2, 0) is 9.53 Å². The van der Waals surface area contributed by atoms with Crippen molar-refractivity contribution in [3.05, 3.63) is 33.9 Å². The second kappa shape index (κ2) is 6.31.